The van der Waals surface area contributed by atoms with Gasteiger partial charge in [-0.15, -0.1) is 11.8 Å². The van der Waals surface area contributed by atoms with E-state index in [1.54, 1.807) is 0 Å². The molecule has 0 atom stereocenters. The summed E-state index contributed by atoms with van der Waals surface area (Å²) in [6.45, 7) is 2.62. The Balaban J connectivity index is 1.44. The van der Waals surface area contributed by atoms with Crippen molar-refractivity contribution in [2.75, 3.05) is 31.3 Å². The zero-order valence-electron chi connectivity index (χ0n) is 11.6. The summed E-state index contributed by atoms with van der Waals surface area (Å²) in [6.07, 6.45) is 7.63. The van der Waals surface area contributed by atoms with Crippen molar-refractivity contribution in [2.45, 2.75) is 49.0 Å². The number of amides is 1. The van der Waals surface area contributed by atoms with Crippen LogP contribution < -0.4 is 5.32 Å². The fourth-order valence-electron chi connectivity index (χ4n) is 2.56. The molecule has 2 fully saturated rings. The number of hydrogen-bond acceptors (Lipinski definition) is 4. The molecule has 0 aromatic carbocycles. The fourth-order valence-corrected chi connectivity index (χ4v) is 4.79. The molecule has 1 amide bonds. The minimum absolute atomic E-state index is 0.212. The highest BCUT2D eigenvalue weighted by molar-refractivity contribution is 8.00. The summed E-state index contributed by atoms with van der Waals surface area (Å²) >= 11 is 3.82. The highest BCUT2D eigenvalue weighted by Gasteiger charge is 2.17. The van der Waals surface area contributed by atoms with Gasteiger partial charge in [0.1, 0.15) is 0 Å². The molecule has 0 unspecified atom stereocenters. The topological polar surface area (TPSA) is 38.3 Å². The van der Waals surface area contributed by atoms with Crippen molar-refractivity contribution < 1.29 is 9.53 Å². The van der Waals surface area contributed by atoms with Crippen LogP contribution in [0.2, 0.25) is 0 Å². The van der Waals surface area contributed by atoms with Gasteiger partial charge in [-0.05, 0) is 25.7 Å². The maximum Gasteiger partial charge on any atom is 0.230 e. The van der Waals surface area contributed by atoms with E-state index in [-0.39, 0.29) is 5.91 Å². The molecular weight excluding hydrogens is 278 g/mol. The predicted molar refractivity (Wildman–Crippen MR) is 84.0 cm³/mol. The number of ether oxygens (including phenoxy) is 1. The Kier molecular flexibility index (Phi) is 7.46. The standard InChI is InChI=1S/C14H25NO2S2/c16-14(11-19-12-3-1-2-4-12)15-7-10-18-13-5-8-17-9-6-13/h12-13H,1-11H2,(H,15,16). The Labute approximate surface area is 125 Å². The van der Waals surface area contributed by atoms with Crippen molar-refractivity contribution in [1.29, 1.82) is 0 Å². The van der Waals surface area contributed by atoms with Crippen LogP contribution in [0.25, 0.3) is 0 Å². The lowest BCUT2D eigenvalue weighted by atomic mass is 10.2. The van der Waals surface area contributed by atoms with Gasteiger partial charge in [0.2, 0.25) is 5.91 Å². The molecule has 0 bridgehead atoms. The summed E-state index contributed by atoms with van der Waals surface area (Å²) in [5.74, 6) is 1.89. The molecule has 1 aliphatic carbocycles. The summed E-state index contributed by atoms with van der Waals surface area (Å²) in [5.41, 5.74) is 0. The van der Waals surface area contributed by atoms with E-state index in [1.807, 2.05) is 23.5 Å². The lowest BCUT2D eigenvalue weighted by molar-refractivity contribution is -0.118. The summed E-state index contributed by atoms with van der Waals surface area (Å²) in [4.78, 5) is 11.7. The first-order valence-electron chi connectivity index (χ1n) is 7.42. The third-order valence-electron chi connectivity index (χ3n) is 3.70. The highest BCUT2D eigenvalue weighted by atomic mass is 32.2. The Morgan fingerprint density at radius 1 is 1.05 bits per heavy atom. The molecule has 19 heavy (non-hydrogen) atoms. The van der Waals surface area contributed by atoms with Crippen LogP contribution >= 0.6 is 23.5 Å². The quantitative estimate of drug-likeness (QED) is 0.734. The van der Waals surface area contributed by atoms with E-state index in [4.69, 9.17) is 4.74 Å². The van der Waals surface area contributed by atoms with E-state index < -0.39 is 0 Å². The van der Waals surface area contributed by atoms with Crippen LogP contribution in [0.15, 0.2) is 0 Å². The first kappa shape index (κ1) is 15.5. The second-order valence-corrected chi connectivity index (χ2v) is 7.95. The van der Waals surface area contributed by atoms with Gasteiger partial charge in [0.25, 0.3) is 0 Å². The average molecular weight is 303 g/mol. The fraction of sp³-hybridized carbons (Fsp3) is 0.929. The van der Waals surface area contributed by atoms with Gasteiger partial charge in [0.15, 0.2) is 0 Å². The van der Waals surface area contributed by atoms with E-state index in [1.165, 1.54) is 25.7 Å². The number of carbonyl (C=O) groups excluding carboxylic acids is 1. The third-order valence-corrected chi connectivity index (χ3v) is 6.45. The molecule has 2 rings (SSSR count). The smallest absolute Gasteiger partial charge is 0.230 e. The van der Waals surface area contributed by atoms with Gasteiger partial charge < -0.3 is 10.1 Å². The third kappa shape index (κ3) is 6.41. The largest absolute Gasteiger partial charge is 0.381 e. The van der Waals surface area contributed by atoms with E-state index in [9.17, 15) is 4.79 Å². The number of rotatable bonds is 7. The first-order valence-corrected chi connectivity index (χ1v) is 9.52. The second kappa shape index (κ2) is 9.14. The Morgan fingerprint density at radius 3 is 2.47 bits per heavy atom. The van der Waals surface area contributed by atoms with Crippen molar-refractivity contribution in [3.8, 4) is 0 Å². The molecule has 0 spiro atoms. The molecule has 1 heterocycles. The van der Waals surface area contributed by atoms with Crippen LogP contribution in [0.1, 0.15) is 38.5 Å². The van der Waals surface area contributed by atoms with E-state index in [2.05, 4.69) is 5.32 Å². The van der Waals surface area contributed by atoms with Crippen molar-refractivity contribution in [1.82, 2.24) is 5.32 Å². The second-order valence-electron chi connectivity index (χ2n) is 5.25. The van der Waals surface area contributed by atoms with Crippen molar-refractivity contribution in [3.63, 3.8) is 0 Å². The molecule has 1 saturated carbocycles. The minimum Gasteiger partial charge on any atom is -0.381 e. The lowest BCUT2D eigenvalue weighted by Crippen LogP contribution is -2.29. The molecule has 2 aliphatic rings. The molecule has 1 aliphatic heterocycles. The molecule has 0 radical (unpaired) electrons. The Bertz CT molecular complexity index is 264. The number of nitrogens with one attached hydrogen (secondary N) is 1. The molecule has 0 aromatic heterocycles. The van der Waals surface area contributed by atoms with Gasteiger partial charge in [-0.3, -0.25) is 4.79 Å². The van der Waals surface area contributed by atoms with Crippen molar-refractivity contribution in [2.24, 2.45) is 0 Å². The van der Waals surface area contributed by atoms with Gasteiger partial charge >= 0.3 is 0 Å². The van der Waals surface area contributed by atoms with Crippen LogP contribution in [0, 0.1) is 0 Å². The van der Waals surface area contributed by atoms with Crippen LogP contribution in [0.3, 0.4) is 0 Å². The highest BCUT2D eigenvalue weighted by Crippen LogP contribution is 2.29. The number of carbonyl (C=O) groups is 1. The summed E-state index contributed by atoms with van der Waals surface area (Å²) in [7, 11) is 0. The molecule has 1 saturated heterocycles. The van der Waals surface area contributed by atoms with E-state index >= 15 is 0 Å². The molecule has 1 N–H and O–H groups in total. The minimum atomic E-state index is 0.212. The predicted octanol–water partition coefficient (Wildman–Crippen LogP) is 2.69. The SMILES string of the molecule is O=C(CSC1CCCC1)NCCSC1CCOCC1. The Hall–Kier alpha value is 0.130. The van der Waals surface area contributed by atoms with Gasteiger partial charge in [0.05, 0.1) is 5.75 Å². The van der Waals surface area contributed by atoms with Crippen LogP contribution in [-0.2, 0) is 9.53 Å². The van der Waals surface area contributed by atoms with Gasteiger partial charge in [-0.25, -0.2) is 0 Å². The average Bonchev–Trinajstić information content (AvgIpc) is 2.96. The summed E-state index contributed by atoms with van der Waals surface area (Å²) in [5, 5.41) is 4.51. The van der Waals surface area contributed by atoms with Gasteiger partial charge in [-0.1, -0.05) is 12.8 Å². The zero-order valence-corrected chi connectivity index (χ0v) is 13.2. The number of thioether (sulfide) groups is 2. The first-order chi connectivity index (χ1) is 9.34. The number of hydrogen-bond donors (Lipinski definition) is 1. The molecule has 3 nitrogen and oxygen atoms in total. The molecule has 5 heteroatoms. The van der Waals surface area contributed by atoms with Crippen LogP contribution in [0.4, 0.5) is 0 Å². The van der Waals surface area contributed by atoms with Crippen molar-refractivity contribution in [3.05, 3.63) is 0 Å². The maximum absolute atomic E-state index is 11.7. The molecule has 110 valence electrons. The summed E-state index contributed by atoms with van der Waals surface area (Å²) in [6, 6.07) is 0. The van der Waals surface area contributed by atoms with Gasteiger partial charge in [-0.2, -0.15) is 11.8 Å². The van der Waals surface area contributed by atoms with Crippen LogP contribution in [0.5, 0.6) is 0 Å². The summed E-state index contributed by atoms with van der Waals surface area (Å²) < 4.78 is 5.34. The van der Waals surface area contributed by atoms with Crippen LogP contribution in [-0.4, -0.2) is 47.7 Å². The maximum atomic E-state index is 11.7. The van der Waals surface area contributed by atoms with Gasteiger partial charge in [0, 0.05) is 36.0 Å². The lowest BCUT2D eigenvalue weighted by Gasteiger charge is -2.21. The zero-order chi connectivity index (χ0) is 13.3. The van der Waals surface area contributed by atoms with E-state index in [0.717, 1.165) is 48.9 Å². The normalized spacial score (nSPS) is 21.7. The Morgan fingerprint density at radius 2 is 1.74 bits per heavy atom. The monoisotopic (exact) mass is 303 g/mol. The van der Waals surface area contributed by atoms with Crippen molar-refractivity contribution >= 4 is 29.4 Å². The molecular formula is C14H25NO2S2. The molecule has 0 aromatic rings. The van der Waals surface area contributed by atoms with E-state index in [0.29, 0.717) is 5.75 Å².